The lowest BCUT2D eigenvalue weighted by Gasteiger charge is -2.34. The highest BCUT2D eigenvalue weighted by Gasteiger charge is 2.29. The first-order chi connectivity index (χ1) is 22.2. The molecule has 0 unspecified atom stereocenters. The van der Waals surface area contributed by atoms with Crippen molar-refractivity contribution < 1.29 is 14.6 Å². The van der Waals surface area contributed by atoms with Crippen molar-refractivity contribution in [3.05, 3.63) is 99.2 Å². The van der Waals surface area contributed by atoms with Crippen molar-refractivity contribution >= 4 is 29.2 Å². The van der Waals surface area contributed by atoms with Crippen molar-refractivity contribution in [1.82, 2.24) is 24.9 Å². The minimum Gasteiger partial charge on any atom is -0.390 e. The number of primary amides is 1. The molecule has 3 heterocycles. The largest absolute Gasteiger partial charge is 0.390 e. The number of aliphatic hydroxyl groups is 1. The molecule has 0 radical (unpaired) electrons. The minimum absolute atomic E-state index is 0.252. The summed E-state index contributed by atoms with van der Waals surface area (Å²) in [7, 11) is 0. The van der Waals surface area contributed by atoms with Crippen molar-refractivity contribution in [2.45, 2.75) is 51.7 Å². The first-order valence-electron chi connectivity index (χ1n) is 15.7. The molecule has 11 heteroatoms. The number of amides is 2. The summed E-state index contributed by atoms with van der Waals surface area (Å²) in [5, 5.41) is 21.0. The molecule has 9 nitrogen and oxygen atoms in total. The molecule has 0 aliphatic carbocycles. The van der Waals surface area contributed by atoms with Gasteiger partial charge in [-0.25, -0.2) is 4.79 Å². The summed E-state index contributed by atoms with van der Waals surface area (Å²) < 4.78 is 7.47. The molecule has 6 rings (SSSR count). The van der Waals surface area contributed by atoms with E-state index < -0.39 is 12.1 Å². The summed E-state index contributed by atoms with van der Waals surface area (Å²) in [5.74, 6) is 0. The number of β-amino-alcohol motifs (C(OH)–C–C–N with tert-alkyl or cyclic N) is 1. The zero-order valence-electron chi connectivity index (χ0n) is 26.0. The number of morpholine rings is 1. The Morgan fingerprint density at radius 1 is 1.02 bits per heavy atom. The van der Waals surface area contributed by atoms with Crippen LogP contribution >= 0.6 is 23.2 Å². The molecule has 0 saturated carbocycles. The summed E-state index contributed by atoms with van der Waals surface area (Å²) in [6, 6.07) is 21.9. The van der Waals surface area contributed by atoms with E-state index in [1.807, 2.05) is 41.1 Å². The number of rotatable bonds is 10. The molecule has 3 aromatic carbocycles. The maximum Gasteiger partial charge on any atom is 0.315 e. The number of halogens is 2. The number of nitrogens with zero attached hydrogens (tertiary/aromatic N) is 4. The van der Waals surface area contributed by atoms with E-state index in [9.17, 15) is 9.90 Å². The van der Waals surface area contributed by atoms with E-state index in [-0.39, 0.29) is 6.04 Å². The number of carbonyl (C=O) groups excluding carboxylic acids is 1. The summed E-state index contributed by atoms with van der Waals surface area (Å²) in [6.07, 6.45) is 0.00597. The lowest BCUT2D eigenvalue weighted by molar-refractivity contribution is -0.0227. The molecular formula is C35H40Cl2N6O3. The number of nitrogens with two attached hydrogens (primary N) is 1. The minimum atomic E-state index is -0.605. The van der Waals surface area contributed by atoms with Crippen LogP contribution in [0.15, 0.2) is 66.7 Å². The molecule has 2 amide bonds. The number of aromatic nitrogens is 2. The first-order valence-corrected chi connectivity index (χ1v) is 16.5. The van der Waals surface area contributed by atoms with Crippen molar-refractivity contribution in [3.63, 3.8) is 0 Å². The van der Waals surface area contributed by atoms with Gasteiger partial charge in [0.2, 0.25) is 0 Å². The Kier molecular flexibility index (Phi) is 10.3. The predicted molar refractivity (Wildman–Crippen MR) is 182 cm³/mol. The van der Waals surface area contributed by atoms with Gasteiger partial charge in [0, 0.05) is 77.6 Å². The smallest absolute Gasteiger partial charge is 0.315 e. The van der Waals surface area contributed by atoms with Crippen LogP contribution in [0.4, 0.5) is 4.79 Å². The van der Waals surface area contributed by atoms with Crippen molar-refractivity contribution in [2.75, 3.05) is 32.8 Å². The maximum absolute atomic E-state index is 12.1. The fourth-order valence-corrected chi connectivity index (χ4v) is 6.62. The Bertz CT molecular complexity index is 1660. The van der Waals surface area contributed by atoms with Crippen LogP contribution in [0.3, 0.4) is 0 Å². The molecule has 2 aliphatic heterocycles. The normalized spacial score (nSPS) is 17.6. The zero-order valence-corrected chi connectivity index (χ0v) is 27.5. The van der Waals surface area contributed by atoms with E-state index in [1.54, 1.807) is 4.90 Å². The van der Waals surface area contributed by atoms with Gasteiger partial charge in [-0.15, -0.1) is 0 Å². The van der Waals surface area contributed by atoms with Crippen LogP contribution in [0.5, 0.6) is 0 Å². The molecule has 242 valence electrons. The van der Waals surface area contributed by atoms with Gasteiger partial charge in [-0.2, -0.15) is 5.10 Å². The molecule has 0 spiro atoms. The van der Waals surface area contributed by atoms with Crippen LogP contribution in [-0.4, -0.2) is 75.7 Å². The first kappa shape index (κ1) is 32.5. The van der Waals surface area contributed by atoms with E-state index in [1.165, 1.54) is 5.56 Å². The number of benzene rings is 3. The average molecular weight is 664 g/mol. The Morgan fingerprint density at radius 3 is 2.41 bits per heavy atom. The fourth-order valence-electron chi connectivity index (χ4n) is 6.27. The number of hydrogen-bond donors (Lipinski definition) is 3. The maximum atomic E-state index is 12.1. The second-order valence-electron chi connectivity index (χ2n) is 12.2. The van der Waals surface area contributed by atoms with E-state index in [2.05, 4.69) is 47.5 Å². The Morgan fingerprint density at radius 2 is 1.72 bits per heavy atom. The Balaban J connectivity index is 1.22. The summed E-state index contributed by atoms with van der Waals surface area (Å²) >= 11 is 12.7. The van der Waals surface area contributed by atoms with Gasteiger partial charge in [0.05, 0.1) is 38.1 Å². The second-order valence-corrected chi connectivity index (χ2v) is 13.0. The molecule has 4 N–H and O–H groups in total. The van der Waals surface area contributed by atoms with Gasteiger partial charge in [-0.1, -0.05) is 65.7 Å². The van der Waals surface area contributed by atoms with E-state index >= 15 is 0 Å². The molecule has 4 aromatic rings. The lowest BCUT2D eigenvalue weighted by atomic mass is 9.97. The van der Waals surface area contributed by atoms with Gasteiger partial charge >= 0.3 is 6.03 Å². The number of nitrogens with one attached hydrogen (secondary N) is 1. The fraction of sp³-hybridized carbons (Fsp3) is 0.371. The molecular weight excluding hydrogens is 623 g/mol. The highest BCUT2D eigenvalue weighted by molar-refractivity contribution is 6.33. The number of fused-ring (bicyclic) bond motifs is 1. The third kappa shape index (κ3) is 7.57. The van der Waals surface area contributed by atoms with Gasteiger partial charge in [0.1, 0.15) is 0 Å². The molecule has 1 saturated heterocycles. The van der Waals surface area contributed by atoms with Crippen molar-refractivity contribution in [3.8, 4) is 22.4 Å². The molecule has 46 heavy (non-hydrogen) atoms. The number of aliphatic hydroxyl groups excluding tert-OH is 1. The zero-order chi connectivity index (χ0) is 32.2. The molecule has 1 fully saturated rings. The second kappa shape index (κ2) is 14.5. The number of ether oxygens (including phenoxy) is 1. The van der Waals surface area contributed by atoms with Crippen LogP contribution in [-0.2, 0) is 37.3 Å². The lowest BCUT2D eigenvalue weighted by Crippen LogP contribution is -2.47. The summed E-state index contributed by atoms with van der Waals surface area (Å²) in [5.41, 5.74) is 13.6. The highest BCUT2D eigenvalue weighted by Crippen LogP contribution is 2.36. The SMILES string of the molecule is C[C@H]1COCCN1C[C@H](O)Cn1nc(-c2ccc(Cl)c(-c3ccc(CNCc4ccc(Cl)cc4)cc3)c2)c2c1CCN(C(N)=O)C2. The number of hydrogen-bond acceptors (Lipinski definition) is 6. The van der Waals surface area contributed by atoms with Gasteiger partial charge in [0.15, 0.2) is 0 Å². The van der Waals surface area contributed by atoms with Crippen molar-refractivity contribution in [1.29, 1.82) is 0 Å². The van der Waals surface area contributed by atoms with Gasteiger partial charge < -0.3 is 25.8 Å². The average Bonchev–Trinajstić information content (AvgIpc) is 3.41. The van der Waals surface area contributed by atoms with E-state index in [4.69, 9.17) is 38.8 Å². The third-order valence-electron chi connectivity index (χ3n) is 8.86. The van der Waals surface area contributed by atoms with Crippen LogP contribution in [0.1, 0.15) is 29.3 Å². The third-order valence-corrected chi connectivity index (χ3v) is 9.44. The Hall–Kier alpha value is -3.44. The van der Waals surface area contributed by atoms with Gasteiger partial charge in [0.25, 0.3) is 0 Å². The molecule has 0 bridgehead atoms. The van der Waals surface area contributed by atoms with E-state index in [0.717, 1.165) is 63.9 Å². The van der Waals surface area contributed by atoms with Crippen LogP contribution < -0.4 is 11.1 Å². The molecule has 2 aliphatic rings. The van der Waals surface area contributed by atoms with Gasteiger partial charge in [-0.05, 0) is 47.9 Å². The van der Waals surface area contributed by atoms with E-state index in [0.29, 0.717) is 50.8 Å². The predicted octanol–water partition coefficient (Wildman–Crippen LogP) is 5.33. The monoisotopic (exact) mass is 662 g/mol. The standard InChI is InChI=1S/C35H40Cl2N6O3/c1-23-22-46-15-14-41(23)19-29(44)20-43-33-12-13-42(35(38)45)21-31(33)34(40-43)27-8-11-32(37)30(16-27)26-6-2-24(3-7-26)17-39-18-25-4-9-28(36)10-5-25/h2-11,16,23,29,39,44H,12-15,17-22H2,1H3,(H2,38,45)/t23-,29-/m0/s1. The van der Waals surface area contributed by atoms with Crippen LogP contribution in [0.25, 0.3) is 22.4 Å². The van der Waals surface area contributed by atoms with Gasteiger partial charge in [-0.3, -0.25) is 9.58 Å². The highest BCUT2D eigenvalue weighted by atomic mass is 35.5. The van der Waals surface area contributed by atoms with Crippen LogP contribution in [0.2, 0.25) is 10.0 Å². The summed E-state index contributed by atoms with van der Waals surface area (Å²) in [4.78, 5) is 16.0. The number of carbonyl (C=O) groups is 1. The quantitative estimate of drug-likeness (QED) is 0.212. The topological polar surface area (TPSA) is 109 Å². The molecule has 1 aromatic heterocycles. The Labute approximate surface area is 279 Å². The van der Waals surface area contributed by atoms with Crippen molar-refractivity contribution in [2.24, 2.45) is 5.73 Å². The summed E-state index contributed by atoms with van der Waals surface area (Å²) in [6.45, 7) is 7.50. The molecule has 2 atom stereocenters. The number of urea groups is 1. The van der Waals surface area contributed by atoms with Crippen LogP contribution in [0, 0.1) is 0 Å².